The Balaban J connectivity index is 1.55. The van der Waals surface area contributed by atoms with Gasteiger partial charge in [-0.25, -0.2) is 0 Å². The highest BCUT2D eigenvalue weighted by Crippen LogP contribution is 2.45. The quantitative estimate of drug-likeness (QED) is 0.590. The Kier molecular flexibility index (Phi) is 6.32. The summed E-state index contributed by atoms with van der Waals surface area (Å²) in [7, 11) is 0. The first-order valence-electron chi connectivity index (χ1n) is 9.86. The highest BCUT2D eigenvalue weighted by molar-refractivity contribution is 5.98. The molecule has 5 nitrogen and oxygen atoms in total. The van der Waals surface area contributed by atoms with Crippen molar-refractivity contribution in [3.63, 3.8) is 0 Å². The molecule has 1 unspecified atom stereocenters. The summed E-state index contributed by atoms with van der Waals surface area (Å²) in [5, 5.41) is 10.3. The van der Waals surface area contributed by atoms with Crippen LogP contribution < -0.4 is 4.74 Å². The van der Waals surface area contributed by atoms with E-state index in [9.17, 15) is 14.7 Å². The summed E-state index contributed by atoms with van der Waals surface area (Å²) < 4.78 is 5.73. The molecular formula is C22H29NO4. The van der Waals surface area contributed by atoms with Gasteiger partial charge in [0.25, 0.3) is 0 Å². The number of allylic oxidation sites excluding steroid dienone is 1. The van der Waals surface area contributed by atoms with Crippen molar-refractivity contribution < 1.29 is 19.4 Å². The van der Waals surface area contributed by atoms with Crippen molar-refractivity contribution in [1.82, 2.24) is 4.90 Å². The predicted molar refractivity (Wildman–Crippen MR) is 103 cm³/mol. The predicted octanol–water partition coefficient (Wildman–Crippen LogP) is 3.25. The number of hydrogen-bond donors (Lipinski definition) is 1. The summed E-state index contributed by atoms with van der Waals surface area (Å²) in [6.07, 6.45) is 7.73. The van der Waals surface area contributed by atoms with Crippen LogP contribution in [0.5, 0.6) is 5.75 Å². The van der Waals surface area contributed by atoms with Gasteiger partial charge in [0.1, 0.15) is 18.5 Å². The molecule has 1 atom stereocenters. The van der Waals surface area contributed by atoms with Crippen LogP contribution in [-0.2, 0) is 16.0 Å². The summed E-state index contributed by atoms with van der Waals surface area (Å²) in [4.78, 5) is 26.4. The average Bonchev–Trinajstić information content (AvgIpc) is 2.65. The number of amides is 2. The normalized spacial score (nSPS) is 20.6. The zero-order valence-electron chi connectivity index (χ0n) is 15.9. The number of aliphatic hydroxyl groups is 1. The number of nitrogens with zero attached hydrogens (tertiary/aromatic N) is 1. The summed E-state index contributed by atoms with van der Waals surface area (Å²) >= 11 is 0. The molecule has 1 saturated carbocycles. The van der Waals surface area contributed by atoms with E-state index in [1.165, 1.54) is 11.3 Å². The maximum Gasteiger partial charge on any atom is 0.229 e. The molecule has 146 valence electrons. The summed E-state index contributed by atoms with van der Waals surface area (Å²) in [6, 6.07) is 7.59. The first kappa shape index (κ1) is 19.6. The monoisotopic (exact) mass is 371 g/mol. The van der Waals surface area contributed by atoms with E-state index in [2.05, 4.69) is 6.58 Å². The van der Waals surface area contributed by atoms with Gasteiger partial charge in [0, 0.05) is 12.8 Å². The molecule has 2 amide bonds. The molecule has 1 heterocycles. The van der Waals surface area contributed by atoms with Crippen LogP contribution in [-0.4, -0.2) is 41.1 Å². The zero-order chi connectivity index (χ0) is 19.3. The number of likely N-dealkylation sites (tertiary alicyclic amines) is 1. The summed E-state index contributed by atoms with van der Waals surface area (Å²) in [5.74, 6) is 0.382. The van der Waals surface area contributed by atoms with Gasteiger partial charge in [-0.15, -0.1) is 6.58 Å². The number of hydrogen-bond acceptors (Lipinski definition) is 4. The Bertz CT molecular complexity index is 673. The van der Waals surface area contributed by atoms with Crippen LogP contribution in [0.2, 0.25) is 0 Å². The number of rotatable bonds is 7. The molecule has 5 heteroatoms. The lowest BCUT2D eigenvalue weighted by Gasteiger charge is -2.42. The van der Waals surface area contributed by atoms with Crippen LogP contribution in [0.25, 0.3) is 0 Å². The molecule has 2 fully saturated rings. The molecule has 0 aromatic heterocycles. The highest BCUT2D eigenvalue weighted by atomic mass is 16.5. The molecule has 2 aliphatic rings. The highest BCUT2D eigenvalue weighted by Gasteiger charge is 2.44. The minimum absolute atomic E-state index is 0.00261. The van der Waals surface area contributed by atoms with Crippen molar-refractivity contribution in [2.75, 3.05) is 13.2 Å². The number of aliphatic hydroxyl groups excluding tert-OH is 1. The van der Waals surface area contributed by atoms with E-state index in [0.29, 0.717) is 25.0 Å². The van der Waals surface area contributed by atoms with Crippen molar-refractivity contribution in [3.05, 3.63) is 42.5 Å². The van der Waals surface area contributed by atoms with Crippen molar-refractivity contribution >= 4 is 11.8 Å². The Morgan fingerprint density at radius 1 is 1.15 bits per heavy atom. The van der Waals surface area contributed by atoms with Crippen LogP contribution in [0.15, 0.2) is 36.9 Å². The van der Waals surface area contributed by atoms with Gasteiger partial charge in [0.2, 0.25) is 11.8 Å². The summed E-state index contributed by atoms with van der Waals surface area (Å²) in [5.41, 5.74) is 0.859. The minimum atomic E-state index is -0.907. The lowest BCUT2D eigenvalue weighted by molar-refractivity contribution is -0.156. The lowest BCUT2D eigenvalue weighted by Crippen LogP contribution is -2.51. The molecule has 27 heavy (non-hydrogen) atoms. The third-order valence-electron chi connectivity index (χ3n) is 5.73. The van der Waals surface area contributed by atoms with Gasteiger partial charge in [-0.05, 0) is 36.3 Å². The number of para-hydroxylation sites is 1. The SMILES string of the molecule is C=CCc1ccccc1OCC(O)CN1C(=O)CC2(CCCCC2)CC1=O. The molecule has 1 aliphatic heterocycles. The van der Waals surface area contributed by atoms with Gasteiger partial charge in [-0.2, -0.15) is 0 Å². The first-order chi connectivity index (χ1) is 13.0. The molecular weight excluding hydrogens is 342 g/mol. The van der Waals surface area contributed by atoms with Gasteiger partial charge in [0.15, 0.2) is 0 Å². The van der Waals surface area contributed by atoms with Crippen LogP contribution in [0.4, 0.5) is 0 Å². The maximum atomic E-state index is 12.6. The number of ether oxygens (including phenoxy) is 1. The zero-order valence-corrected chi connectivity index (χ0v) is 15.9. The van der Waals surface area contributed by atoms with Gasteiger partial charge in [-0.3, -0.25) is 14.5 Å². The molecule has 0 bridgehead atoms. The van der Waals surface area contributed by atoms with E-state index in [0.717, 1.165) is 31.2 Å². The minimum Gasteiger partial charge on any atom is -0.491 e. The third-order valence-corrected chi connectivity index (χ3v) is 5.73. The molecule has 1 spiro atoms. The number of imide groups is 1. The molecule has 1 aromatic rings. The first-order valence-corrected chi connectivity index (χ1v) is 9.86. The van der Waals surface area contributed by atoms with Crippen LogP contribution in [0.3, 0.4) is 0 Å². The van der Waals surface area contributed by atoms with E-state index in [-0.39, 0.29) is 30.4 Å². The molecule has 1 aliphatic carbocycles. The maximum absolute atomic E-state index is 12.6. The molecule has 1 N–H and O–H groups in total. The largest absolute Gasteiger partial charge is 0.491 e. The van der Waals surface area contributed by atoms with Crippen molar-refractivity contribution in [2.45, 2.75) is 57.5 Å². The smallest absolute Gasteiger partial charge is 0.229 e. The van der Waals surface area contributed by atoms with Gasteiger partial charge >= 0.3 is 0 Å². The average molecular weight is 371 g/mol. The second kappa shape index (κ2) is 8.70. The Morgan fingerprint density at radius 2 is 1.81 bits per heavy atom. The van der Waals surface area contributed by atoms with Crippen LogP contribution in [0.1, 0.15) is 50.5 Å². The van der Waals surface area contributed by atoms with E-state index < -0.39 is 6.10 Å². The standard InChI is InChI=1S/C22H29NO4/c1-2-8-17-9-4-5-10-19(17)27-16-18(24)15-23-20(25)13-22(14-21(23)26)11-6-3-7-12-22/h2,4-5,9-10,18,24H,1,3,6-8,11-16H2. The van der Waals surface area contributed by atoms with Crippen LogP contribution >= 0.6 is 0 Å². The number of carbonyl (C=O) groups is 2. The van der Waals surface area contributed by atoms with E-state index in [4.69, 9.17) is 4.74 Å². The Morgan fingerprint density at radius 3 is 2.48 bits per heavy atom. The number of piperidine rings is 1. The fourth-order valence-corrected chi connectivity index (χ4v) is 4.31. The fraction of sp³-hybridized carbons (Fsp3) is 0.545. The topological polar surface area (TPSA) is 66.8 Å². The molecule has 0 radical (unpaired) electrons. The molecule has 1 aromatic carbocycles. The van der Waals surface area contributed by atoms with E-state index in [1.54, 1.807) is 6.08 Å². The number of β-amino-alcohol motifs (C(OH)–C–C–N with tert-alkyl or cyclic N) is 1. The van der Waals surface area contributed by atoms with Gasteiger partial charge < -0.3 is 9.84 Å². The lowest BCUT2D eigenvalue weighted by atomic mass is 9.67. The second-order valence-corrected chi connectivity index (χ2v) is 7.88. The van der Waals surface area contributed by atoms with Crippen molar-refractivity contribution in [1.29, 1.82) is 0 Å². The van der Waals surface area contributed by atoms with Crippen molar-refractivity contribution in [2.24, 2.45) is 5.41 Å². The fourth-order valence-electron chi connectivity index (χ4n) is 4.31. The summed E-state index contributed by atoms with van der Waals surface area (Å²) in [6.45, 7) is 3.77. The second-order valence-electron chi connectivity index (χ2n) is 7.88. The van der Waals surface area contributed by atoms with Gasteiger partial charge in [0.05, 0.1) is 6.54 Å². The number of carbonyl (C=O) groups excluding carboxylic acids is 2. The van der Waals surface area contributed by atoms with Gasteiger partial charge in [-0.1, -0.05) is 43.5 Å². The Labute approximate surface area is 161 Å². The third kappa shape index (κ3) is 4.78. The van der Waals surface area contributed by atoms with Crippen molar-refractivity contribution in [3.8, 4) is 5.75 Å². The van der Waals surface area contributed by atoms with E-state index in [1.807, 2.05) is 24.3 Å². The van der Waals surface area contributed by atoms with E-state index >= 15 is 0 Å². The number of benzene rings is 1. The van der Waals surface area contributed by atoms with Crippen LogP contribution in [0, 0.1) is 5.41 Å². The Hall–Kier alpha value is -2.14. The molecule has 1 saturated heterocycles. The molecule has 3 rings (SSSR count).